The van der Waals surface area contributed by atoms with E-state index in [9.17, 15) is 14.4 Å². The molecule has 1 aromatic carbocycles. The summed E-state index contributed by atoms with van der Waals surface area (Å²) in [4.78, 5) is 36.0. The van der Waals surface area contributed by atoms with Gasteiger partial charge in [0.1, 0.15) is 0 Å². The predicted molar refractivity (Wildman–Crippen MR) is 81.7 cm³/mol. The molecule has 7 heteroatoms. The lowest BCUT2D eigenvalue weighted by atomic mass is 10.2. The summed E-state index contributed by atoms with van der Waals surface area (Å²) in [6.07, 6.45) is 0. The Morgan fingerprint density at radius 2 is 2.18 bits per heavy atom. The highest BCUT2D eigenvalue weighted by atomic mass is 16.2. The van der Waals surface area contributed by atoms with Crippen LogP contribution in [0.5, 0.6) is 0 Å². The first-order valence-corrected chi connectivity index (χ1v) is 7.37. The van der Waals surface area contributed by atoms with Crippen LogP contribution < -0.4 is 20.9 Å². The van der Waals surface area contributed by atoms with Crippen molar-refractivity contribution in [1.29, 1.82) is 0 Å². The summed E-state index contributed by atoms with van der Waals surface area (Å²) < 4.78 is 0. The third-order valence-electron chi connectivity index (χ3n) is 3.37. The van der Waals surface area contributed by atoms with Gasteiger partial charge in [-0.15, -0.1) is 0 Å². The minimum atomic E-state index is -0.170. The smallest absolute Gasteiger partial charge is 0.279 e. The third-order valence-corrected chi connectivity index (χ3v) is 3.37. The van der Waals surface area contributed by atoms with Crippen LogP contribution >= 0.6 is 0 Å². The molecule has 1 unspecified atom stereocenters. The summed E-state index contributed by atoms with van der Waals surface area (Å²) in [7, 11) is 0. The van der Waals surface area contributed by atoms with Crippen molar-refractivity contribution in [3.8, 4) is 0 Å². The molecule has 22 heavy (non-hydrogen) atoms. The van der Waals surface area contributed by atoms with E-state index in [4.69, 9.17) is 0 Å². The van der Waals surface area contributed by atoms with Crippen molar-refractivity contribution in [2.45, 2.75) is 6.92 Å². The summed E-state index contributed by atoms with van der Waals surface area (Å²) >= 11 is 0. The van der Waals surface area contributed by atoms with Crippen LogP contribution in [-0.4, -0.2) is 50.4 Å². The van der Waals surface area contributed by atoms with E-state index >= 15 is 0 Å². The summed E-state index contributed by atoms with van der Waals surface area (Å²) in [5, 5.41) is 8.21. The van der Waals surface area contributed by atoms with Gasteiger partial charge >= 0.3 is 0 Å². The van der Waals surface area contributed by atoms with Crippen LogP contribution in [0, 0.1) is 0 Å². The molecule has 1 aromatic rings. The molecule has 1 aliphatic rings. The number of hydrogen-bond acceptors (Lipinski definition) is 3. The molecule has 0 spiro atoms. The zero-order valence-corrected chi connectivity index (χ0v) is 12.6. The van der Waals surface area contributed by atoms with Crippen molar-refractivity contribution in [3.63, 3.8) is 0 Å². The van der Waals surface area contributed by atoms with E-state index in [1.165, 1.54) is 0 Å². The number of rotatable bonds is 5. The first-order chi connectivity index (χ1) is 10.6. The highest BCUT2D eigenvalue weighted by Gasteiger charge is 2.22. The lowest BCUT2D eigenvalue weighted by Gasteiger charge is -2.22. The van der Waals surface area contributed by atoms with Gasteiger partial charge in [-0.3, -0.25) is 14.4 Å². The van der Waals surface area contributed by atoms with E-state index < -0.39 is 0 Å². The molecule has 0 saturated carbocycles. The van der Waals surface area contributed by atoms with E-state index in [1.54, 1.807) is 24.3 Å². The highest BCUT2D eigenvalue weighted by molar-refractivity contribution is 5.97. The molecule has 3 amide bonds. The molecule has 2 rings (SSSR count). The Kier molecular flexibility index (Phi) is 5.48. The first-order valence-electron chi connectivity index (χ1n) is 7.37. The Balaban J connectivity index is 1.92. The van der Waals surface area contributed by atoms with Crippen molar-refractivity contribution in [1.82, 2.24) is 10.6 Å². The second-order valence-corrected chi connectivity index (χ2v) is 5.19. The summed E-state index contributed by atoms with van der Waals surface area (Å²) in [6.45, 7) is 4.27. The van der Waals surface area contributed by atoms with Crippen molar-refractivity contribution in [2.24, 2.45) is 0 Å². The van der Waals surface area contributed by atoms with E-state index in [2.05, 4.69) is 16.0 Å². The van der Waals surface area contributed by atoms with Crippen LogP contribution in [-0.2, 0) is 9.59 Å². The van der Waals surface area contributed by atoms with Gasteiger partial charge in [-0.2, -0.15) is 0 Å². The van der Waals surface area contributed by atoms with Crippen molar-refractivity contribution < 1.29 is 19.3 Å². The van der Waals surface area contributed by atoms with Crippen molar-refractivity contribution in [2.75, 3.05) is 38.0 Å². The van der Waals surface area contributed by atoms with Crippen LogP contribution in [0.1, 0.15) is 17.3 Å². The molecule has 1 saturated heterocycles. The molecule has 0 aromatic heterocycles. The maximum atomic E-state index is 12.0. The van der Waals surface area contributed by atoms with E-state index in [0.717, 1.165) is 11.4 Å². The quantitative estimate of drug-likeness (QED) is 0.527. The number of carbonyl (C=O) groups excluding carboxylic acids is 3. The number of benzene rings is 1. The monoisotopic (exact) mass is 305 g/mol. The van der Waals surface area contributed by atoms with Crippen LogP contribution in [0.2, 0.25) is 0 Å². The average molecular weight is 305 g/mol. The van der Waals surface area contributed by atoms with Crippen molar-refractivity contribution >= 4 is 23.4 Å². The highest BCUT2D eigenvalue weighted by Crippen LogP contribution is 2.10. The number of piperazine rings is 1. The topological polar surface area (TPSA) is 91.7 Å². The fourth-order valence-corrected chi connectivity index (χ4v) is 2.34. The standard InChI is InChI=1S/C15H20N4O3/c1-2-16-15(22)11-4-3-5-12(8-11)18-14(21)10-19-7-6-17-13(20)9-19/h3-5,8H,2,6-7,9-10H2,1H3,(H,16,22)(H,17,20)(H,18,21)/p+1. The lowest BCUT2D eigenvalue weighted by Crippen LogP contribution is -3.16. The van der Waals surface area contributed by atoms with Gasteiger partial charge in [0, 0.05) is 17.8 Å². The van der Waals surface area contributed by atoms with E-state index in [-0.39, 0.29) is 24.3 Å². The molecule has 0 radical (unpaired) electrons. The molecule has 1 aliphatic heterocycles. The van der Waals surface area contributed by atoms with E-state index in [1.807, 2.05) is 6.92 Å². The van der Waals surface area contributed by atoms with Crippen LogP contribution in [0.15, 0.2) is 24.3 Å². The van der Waals surface area contributed by atoms with Gasteiger partial charge in [-0.05, 0) is 25.1 Å². The fourth-order valence-electron chi connectivity index (χ4n) is 2.34. The predicted octanol–water partition coefficient (Wildman–Crippen LogP) is -1.61. The Labute approximate surface area is 129 Å². The third kappa shape index (κ3) is 4.56. The number of carbonyl (C=O) groups is 3. The largest absolute Gasteiger partial charge is 0.352 e. The number of nitrogens with one attached hydrogen (secondary N) is 4. The molecular weight excluding hydrogens is 284 g/mol. The van der Waals surface area contributed by atoms with Gasteiger partial charge in [0.15, 0.2) is 13.1 Å². The molecule has 7 nitrogen and oxygen atoms in total. The van der Waals surface area contributed by atoms with Gasteiger partial charge in [0.2, 0.25) is 0 Å². The minimum absolute atomic E-state index is 0.0349. The van der Waals surface area contributed by atoms with Gasteiger partial charge in [-0.1, -0.05) is 6.07 Å². The number of hydrogen-bond donors (Lipinski definition) is 4. The second-order valence-electron chi connectivity index (χ2n) is 5.19. The molecule has 1 fully saturated rings. The van der Waals surface area contributed by atoms with Gasteiger partial charge < -0.3 is 20.9 Å². The maximum Gasteiger partial charge on any atom is 0.279 e. The SMILES string of the molecule is CCNC(=O)c1cccc(NC(=O)C[NH+]2CCNC(=O)C2)c1. The molecule has 1 heterocycles. The lowest BCUT2D eigenvalue weighted by molar-refractivity contribution is -0.885. The van der Waals surface area contributed by atoms with Gasteiger partial charge in [0.25, 0.3) is 17.7 Å². The normalized spacial score (nSPS) is 17.5. The Bertz CT molecular complexity index is 574. The number of anilines is 1. The first kappa shape index (κ1) is 16.0. The molecule has 1 atom stereocenters. The molecule has 0 bridgehead atoms. The molecule has 4 N–H and O–H groups in total. The summed E-state index contributed by atoms with van der Waals surface area (Å²) in [6, 6.07) is 6.79. The molecule has 0 aliphatic carbocycles. The van der Waals surface area contributed by atoms with Crippen molar-refractivity contribution in [3.05, 3.63) is 29.8 Å². The van der Waals surface area contributed by atoms with Crippen LogP contribution in [0.25, 0.3) is 0 Å². The maximum absolute atomic E-state index is 12.0. The Morgan fingerprint density at radius 1 is 1.36 bits per heavy atom. The van der Waals surface area contributed by atoms with E-state index in [0.29, 0.717) is 30.9 Å². The second kappa shape index (κ2) is 7.56. The average Bonchev–Trinajstić information content (AvgIpc) is 2.47. The summed E-state index contributed by atoms with van der Waals surface area (Å²) in [5.41, 5.74) is 1.08. The van der Waals surface area contributed by atoms with Crippen LogP contribution in [0.3, 0.4) is 0 Å². The number of quaternary nitrogens is 1. The van der Waals surface area contributed by atoms with Crippen LogP contribution in [0.4, 0.5) is 5.69 Å². The Morgan fingerprint density at radius 3 is 2.91 bits per heavy atom. The zero-order valence-electron chi connectivity index (χ0n) is 12.6. The fraction of sp³-hybridized carbons (Fsp3) is 0.400. The summed E-state index contributed by atoms with van der Waals surface area (Å²) in [5.74, 6) is -0.373. The minimum Gasteiger partial charge on any atom is -0.352 e. The number of amides is 3. The zero-order chi connectivity index (χ0) is 15.9. The van der Waals surface area contributed by atoms with Gasteiger partial charge in [-0.25, -0.2) is 0 Å². The molecular formula is C15H21N4O3+. The molecule has 118 valence electrons. The van der Waals surface area contributed by atoms with Gasteiger partial charge in [0.05, 0.1) is 13.1 Å². The Hall–Kier alpha value is -2.41.